The lowest BCUT2D eigenvalue weighted by atomic mass is 10.1. The average Bonchev–Trinajstić information content (AvgIpc) is 2.53. The largest absolute Gasteiger partial charge is 0.494 e. The van der Waals surface area contributed by atoms with Crippen molar-refractivity contribution < 1.29 is 9.53 Å². The summed E-state index contributed by atoms with van der Waals surface area (Å²) in [6, 6.07) is 17.6. The van der Waals surface area contributed by atoms with Crippen LogP contribution >= 0.6 is 0 Å². The summed E-state index contributed by atoms with van der Waals surface area (Å²) in [5.41, 5.74) is 2.12. The molecule has 2 rings (SSSR count). The molecule has 0 radical (unpaired) electrons. The van der Waals surface area contributed by atoms with Crippen molar-refractivity contribution in [2.45, 2.75) is 26.2 Å². The summed E-state index contributed by atoms with van der Waals surface area (Å²) in [4.78, 5) is 11.8. The molecule has 0 spiro atoms. The molecule has 21 heavy (non-hydrogen) atoms. The maximum absolute atomic E-state index is 11.8. The van der Waals surface area contributed by atoms with Gasteiger partial charge in [0.05, 0.1) is 6.61 Å². The van der Waals surface area contributed by atoms with E-state index in [-0.39, 0.29) is 5.91 Å². The molecular formula is C18H21NO2. The third-order valence-electron chi connectivity index (χ3n) is 3.21. The Morgan fingerprint density at radius 1 is 1.05 bits per heavy atom. The van der Waals surface area contributed by atoms with E-state index in [1.165, 1.54) is 5.56 Å². The number of hydrogen-bond acceptors (Lipinski definition) is 2. The zero-order valence-corrected chi connectivity index (χ0v) is 12.3. The molecule has 0 unspecified atom stereocenters. The topological polar surface area (TPSA) is 38.3 Å². The minimum absolute atomic E-state index is 0.0240. The molecule has 2 aromatic rings. The molecule has 0 aliphatic carbocycles. The van der Waals surface area contributed by atoms with Crippen molar-refractivity contribution in [1.82, 2.24) is 0 Å². The smallest absolute Gasteiger partial charge is 0.224 e. The van der Waals surface area contributed by atoms with Gasteiger partial charge in [0.25, 0.3) is 0 Å². The Hall–Kier alpha value is -2.29. The Balaban J connectivity index is 1.67. The number of ether oxygens (including phenoxy) is 1. The van der Waals surface area contributed by atoms with E-state index in [0.29, 0.717) is 19.4 Å². The first kappa shape index (κ1) is 15.1. The molecule has 1 N–H and O–H groups in total. The van der Waals surface area contributed by atoms with E-state index in [1.54, 1.807) is 0 Å². The quantitative estimate of drug-likeness (QED) is 0.779. The van der Waals surface area contributed by atoms with Crippen molar-refractivity contribution in [2.24, 2.45) is 0 Å². The minimum Gasteiger partial charge on any atom is -0.494 e. The van der Waals surface area contributed by atoms with Crippen molar-refractivity contribution in [2.75, 3.05) is 11.9 Å². The Morgan fingerprint density at radius 3 is 2.43 bits per heavy atom. The summed E-state index contributed by atoms with van der Waals surface area (Å²) >= 11 is 0. The van der Waals surface area contributed by atoms with Gasteiger partial charge < -0.3 is 10.1 Å². The fourth-order valence-corrected chi connectivity index (χ4v) is 1.99. The summed E-state index contributed by atoms with van der Waals surface area (Å²) in [7, 11) is 0. The molecule has 0 fully saturated rings. The normalized spacial score (nSPS) is 10.1. The monoisotopic (exact) mass is 283 g/mol. The molecule has 0 saturated heterocycles. The molecule has 0 aliphatic rings. The highest BCUT2D eigenvalue weighted by atomic mass is 16.5. The van der Waals surface area contributed by atoms with E-state index in [4.69, 9.17) is 4.74 Å². The molecule has 1 amide bonds. The second kappa shape index (κ2) is 8.10. The molecule has 2 aromatic carbocycles. The molecule has 0 saturated carbocycles. The van der Waals surface area contributed by atoms with Crippen LogP contribution in [0.25, 0.3) is 0 Å². The highest BCUT2D eigenvalue weighted by molar-refractivity contribution is 5.90. The lowest BCUT2D eigenvalue weighted by Gasteiger charge is -2.07. The summed E-state index contributed by atoms with van der Waals surface area (Å²) in [6.45, 7) is 2.66. The molecular weight excluding hydrogens is 262 g/mol. The van der Waals surface area contributed by atoms with Crippen LogP contribution in [0.4, 0.5) is 5.69 Å². The number of aryl methyl sites for hydroxylation is 1. The van der Waals surface area contributed by atoms with Crippen LogP contribution < -0.4 is 10.1 Å². The van der Waals surface area contributed by atoms with E-state index < -0.39 is 0 Å². The van der Waals surface area contributed by atoms with E-state index in [1.807, 2.05) is 54.6 Å². The Labute approximate surface area is 126 Å². The Morgan fingerprint density at radius 2 is 1.76 bits per heavy atom. The van der Waals surface area contributed by atoms with Crippen LogP contribution in [0.2, 0.25) is 0 Å². The van der Waals surface area contributed by atoms with Crippen LogP contribution in [0.1, 0.15) is 25.3 Å². The van der Waals surface area contributed by atoms with Crippen LogP contribution in [0.15, 0.2) is 54.6 Å². The van der Waals surface area contributed by atoms with Gasteiger partial charge in [-0.25, -0.2) is 0 Å². The first-order valence-electron chi connectivity index (χ1n) is 7.34. The fraction of sp³-hybridized carbons (Fsp3) is 0.278. The highest BCUT2D eigenvalue weighted by Crippen LogP contribution is 2.11. The van der Waals surface area contributed by atoms with Gasteiger partial charge in [0.15, 0.2) is 0 Å². The first-order chi connectivity index (χ1) is 10.3. The van der Waals surface area contributed by atoms with Gasteiger partial charge in [-0.15, -0.1) is 0 Å². The minimum atomic E-state index is 0.0240. The van der Waals surface area contributed by atoms with Crippen molar-refractivity contribution in [3.05, 3.63) is 60.2 Å². The first-order valence-corrected chi connectivity index (χ1v) is 7.34. The third-order valence-corrected chi connectivity index (χ3v) is 3.21. The number of anilines is 1. The zero-order chi connectivity index (χ0) is 14.9. The summed E-state index contributed by atoms with van der Waals surface area (Å²) in [5.74, 6) is 0.865. The van der Waals surface area contributed by atoms with Gasteiger partial charge in [0, 0.05) is 12.1 Å². The highest BCUT2D eigenvalue weighted by Gasteiger charge is 2.02. The summed E-state index contributed by atoms with van der Waals surface area (Å²) in [6.07, 6.45) is 2.17. The van der Waals surface area contributed by atoms with Crippen molar-refractivity contribution in [1.29, 1.82) is 0 Å². The second-order valence-corrected chi connectivity index (χ2v) is 4.86. The molecule has 0 bridgehead atoms. The molecule has 0 aromatic heterocycles. The molecule has 0 atom stereocenters. The molecule has 0 aliphatic heterocycles. The van der Waals surface area contributed by atoms with Crippen LogP contribution in [-0.2, 0) is 11.2 Å². The average molecular weight is 283 g/mol. The molecule has 0 heterocycles. The Kier molecular flexibility index (Phi) is 5.83. The van der Waals surface area contributed by atoms with Gasteiger partial charge in [-0.2, -0.15) is 0 Å². The van der Waals surface area contributed by atoms with E-state index in [0.717, 1.165) is 17.9 Å². The van der Waals surface area contributed by atoms with E-state index >= 15 is 0 Å². The number of rotatable bonds is 7. The van der Waals surface area contributed by atoms with Crippen LogP contribution in [0.5, 0.6) is 5.75 Å². The van der Waals surface area contributed by atoms with Crippen molar-refractivity contribution >= 4 is 11.6 Å². The van der Waals surface area contributed by atoms with Gasteiger partial charge in [-0.1, -0.05) is 37.3 Å². The van der Waals surface area contributed by atoms with Gasteiger partial charge in [0.2, 0.25) is 5.91 Å². The third kappa shape index (κ3) is 5.30. The lowest BCUT2D eigenvalue weighted by molar-refractivity contribution is -0.116. The fourth-order valence-electron chi connectivity index (χ4n) is 1.99. The number of benzene rings is 2. The predicted octanol–water partition coefficient (Wildman–Crippen LogP) is 4.05. The maximum Gasteiger partial charge on any atom is 0.224 e. The predicted molar refractivity (Wildman–Crippen MR) is 85.6 cm³/mol. The van der Waals surface area contributed by atoms with E-state index in [9.17, 15) is 4.79 Å². The zero-order valence-electron chi connectivity index (χ0n) is 12.3. The van der Waals surface area contributed by atoms with Crippen molar-refractivity contribution in [3.63, 3.8) is 0 Å². The van der Waals surface area contributed by atoms with Gasteiger partial charge >= 0.3 is 0 Å². The molecule has 3 nitrogen and oxygen atoms in total. The van der Waals surface area contributed by atoms with E-state index in [2.05, 4.69) is 12.2 Å². The molecule has 110 valence electrons. The Bertz CT molecular complexity index is 549. The van der Waals surface area contributed by atoms with Gasteiger partial charge in [-0.05, 0) is 42.7 Å². The van der Waals surface area contributed by atoms with Crippen LogP contribution in [0, 0.1) is 0 Å². The van der Waals surface area contributed by atoms with Gasteiger partial charge in [-0.3, -0.25) is 4.79 Å². The molecule has 3 heteroatoms. The lowest BCUT2D eigenvalue weighted by Crippen LogP contribution is -2.12. The van der Waals surface area contributed by atoms with Crippen LogP contribution in [0.3, 0.4) is 0 Å². The van der Waals surface area contributed by atoms with Gasteiger partial charge in [0.1, 0.15) is 5.75 Å². The summed E-state index contributed by atoms with van der Waals surface area (Å²) in [5, 5.41) is 2.90. The number of nitrogens with one attached hydrogen (secondary N) is 1. The number of para-hydroxylation sites is 1. The van der Waals surface area contributed by atoms with Crippen molar-refractivity contribution in [3.8, 4) is 5.75 Å². The standard InChI is InChI=1S/C18H21NO2/c1-2-15-10-12-16(13-11-15)19-18(20)9-6-14-21-17-7-4-3-5-8-17/h3-5,7-8,10-13H,2,6,9,14H2,1H3,(H,19,20). The number of carbonyl (C=O) groups excluding carboxylic acids is 1. The second-order valence-electron chi connectivity index (χ2n) is 4.86. The maximum atomic E-state index is 11.8. The van der Waals surface area contributed by atoms with Crippen LogP contribution in [-0.4, -0.2) is 12.5 Å². The number of amides is 1. The SMILES string of the molecule is CCc1ccc(NC(=O)CCCOc2ccccc2)cc1. The number of carbonyl (C=O) groups is 1. The summed E-state index contributed by atoms with van der Waals surface area (Å²) < 4.78 is 5.56. The number of hydrogen-bond donors (Lipinski definition) is 1.